The number of rotatable bonds is 9. The van der Waals surface area contributed by atoms with E-state index >= 15 is 0 Å². The Kier molecular flexibility index (Phi) is 8.95. The third kappa shape index (κ3) is 6.86. The van der Waals surface area contributed by atoms with E-state index in [1.807, 2.05) is 50.2 Å². The Morgan fingerprint density at radius 1 is 1.14 bits per heavy atom. The summed E-state index contributed by atoms with van der Waals surface area (Å²) in [5, 5.41) is 2.26. The van der Waals surface area contributed by atoms with Crippen LogP contribution in [0.4, 0.5) is 16.2 Å². The van der Waals surface area contributed by atoms with Gasteiger partial charge in [-0.3, -0.25) is 19.3 Å². The van der Waals surface area contributed by atoms with E-state index in [9.17, 15) is 19.2 Å². The Morgan fingerprint density at radius 2 is 1.86 bits per heavy atom. The number of unbranched alkanes of at least 4 members (excludes halogenated alkanes) is 1. The molecule has 1 aliphatic heterocycles. The maximum Gasteiger partial charge on any atom is 0.339 e. The molecule has 10 heteroatoms. The minimum Gasteiger partial charge on any atom is -0.462 e. The van der Waals surface area contributed by atoms with Crippen molar-refractivity contribution in [3.05, 3.63) is 63.5 Å². The van der Waals surface area contributed by atoms with Crippen molar-refractivity contribution in [3.63, 3.8) is 0 Å². The second-order valence-corrected chi connectivity index (χ2v) is 9.39. The topological polar surface area (TPSA) is 96.0 Å². The second-order valence-electron chi connectivity index (χ2n) is 7.99. The molecule has 0 aromatic heterocycles. The third-order valence-electron chi connectivity index (χ3n) is 5.08. The highest BCUT2D eigenvalue weighted by atomic mass is 35.5. The highest BCUT2D eigenvalue weighted by molar-refractivity contribution is 8.18. The van der Waals surface area contributed by atoms with E-state index in [4.69, 9.17) is 16.3 Å². The van der Waals surface area contributed by atoms with Gasteiger partial charge in [-0.1, -0.05) is 37.1 Å². The van der Waals surface area contributed by atoms with Crippen LogP contribution in [0.2, 0.25) is 5.02 Å². The summed E-state index contributed by atoms with van der Waals surface area (Å²) < 4.78 is 5.18. The van der Waals surface area contributed by atoms with Crippen LogP contribution in [-0.4, -0.2) is 55.2 Å². The third-order valence-corrected chi connectivity index (χ3v) is 6.32. The molecule has 8 nitrogen and oxygen atoms in total. The number of hydrogen-bond acceptors (Lipinski definition) is 7. The molecule has 0 saturated carbocycles. The first-order valence-electron chi connectivity index (χ1n) is 11.0. The van der Waals surface area contributed by atoms with Crippen molar-refractivity contribution in [2.75, 3.05) is 37.5 Å². The van der Waals surface area contributed by atoms with Crippen LogP contribution >= 0.6 is 23.4 Å². The van der Waals surface area contributed by atoms with Gasteiger partial charge in [-0.2, -0.15) is 0 Å². The second kappa shape index (κ2) is 11.9. The Balaban J connectivity index is 1.65. The zero-order valence-corrected chi connectivity index (χ0v) is 21.2. The van der Waals surface area contributed by atoms with E-state index in [-0.39, 0.29) is 22.1 Å². The number of carbonyl (C=O) groups excluding carboxylic acids is 4. The molecule has 1 aliphatic rings. The lowest BCUT2D eigenvalue weighted by atomic mass is 10.2. The molecule has 184 valence electrons. The van der Waals surface area contributed by atoms with Crippen LogP contribution in [0.3, 0.4) is 0 Å². The molecule has 1 fully saturated rings. The molecular weight excluding hydrogens is 490 g/mol. The summed E-state index contributed by atoms with van der Waals surface area (Å²) >= 11 is 6.88. The summed E-state index contributed by atoms with van der Waals surface area (Å²) in [5.74, 6) is -1.71. The standard InChI is InChI=1S/C25H26ClN3O5S/c1-4-5-12-34-24(32)19-14-17(8-11-20(19)26)27-22(30)15-29-23(31)21(35-25(29)33)13-16-6-9-18(10-7-16)28(2)3/h6-11,13-14H,4-5,12,15H2,1-3H3,(H,27,30)/b21-13+. The van der Waals surface area contributed by atoms with E-state index in [2.05, 4.69) is 5.32 Å². The Labute approximate surface area is 213 Å². The molecule has 0 unspecified atom stereocenters. The monoisotopic (exact) mass is 515 g/mol. The van der Waals surface area contributed by atoms with E-state index in [1.54, 1.807) is 6.08 Å². The predicted octanol–water partition coefficient (Wildman–Crippen LogP) is 5.04. The molecule has 0 atom stereocenters. The van der Waals surface area contributed by atoms with Gasteiger partial charge in [-0.15, -0.1) is 0 Å². The lowest BCUT2D eigenvalue weighted by Gasteiger charge is -2.13. The molecular formula is C25H26ClN3O5S. The van der Waals surface area contributed by atoms with Crippen LogP contribution in [0, 0.1) is 0 Å². The molecule has 2 aromatic rings. The van der Waals surface area contributed by atoms with Crippen molar-refractivity contribution >= 4 is 63.8 Å². The first-order chi connectivity index (χ1) is 16.7. The summed E-state index contributed by atoms with van der Waals surface area (Å²) in [7, 11) is 3.85. The minimum absolute atomic E-state index is 0.120. The highest BCUT2D eigenvalue weighted by Crippen LogP contribution is 2.32. The summed E-state index contributed by atoms with van der Waals surface area (Å²) in [6.07, 6.45) is 3.23. The Morgan fingerprint density at radius 3 is 2.51 bits per heavy atom. The number of imide groups is 1. The summed E-state index contributed by atoms with van der Waals surface area (Å²) in [4.78, 5) is 53.0. The van der Waals surface area contributed by atoms with Crippen molar-refractivity contribution in [1.82, 2.24) is 4.90 Å². The van der Waals surface area contributed by atoms with Crippen molar-refractivity contribution < 1.29 is 23.9 Å². The van der Waals surface area contributed by atoms with Gasteiger partial charge in [0.2, 0.25) is 5.91 Å². The number of thioether (sulfide) groups is 1. The maximum absolute atomic E-state index is 12.7. The number of anilines is 2. The quantitative estimate of drug-likeness (QED) is 0.284. The van der Waals surface area contributed by atoms with E-state index in [0.717, 1.165) is 40.8 Å². The predicted molar refractivity (Wildman–Crippen MR) is 139 cm³/mol. The number of hydrogen-bond donors (Lipinski definition) is 1. The van der Waals surface area contributed by atoms with Gasteiger partial charge in [0.25, 0.3) is 11.1 Å². The average Bonchev–Trinajstić information content (AvgIpc) is 3.08. The zero-order valence-electron chi connectivity index (χ0n) is 19.7. The molecule has 0 radical (unpaired) electrons. The van der Waals surface area contributed by atoms with Gasteiger partial charge < -0.3 is 15.0 Å². The molecule has 1 N–H and O–H groups in total. The van der Waals surface area contributed by atoms with Crippen molar-refractivity contribution in [3.8, 4) is 0 Å². The lowest BCUT2D eigenvalue weighted by molar-refractivity contribution is -0.127. The smallest absolute Gasteiger partial charge is 0.339 e. The van der Waals surface area contributed by atoms with Gasteiger partial charge in [0.05, 0.1) is 22.1 Å². The Bertz CT molecular complexity index is 1160. The SMILES string of the molecule is CCCCOC(=O)c1cc(NC(=O)CN2C(=O)S/C(=C/c3ccc(N(C)C)cc3)C2=O)ccc1Cl. The van der Waals surface area contributed by atoms with E-state index in [1.165, 1.54) is 18.2 Å². The van der Waals surface area contributed by atoms with Crippen LogP contribution in [0.5, 0.6) is 0 Å². The molecule has 1 heterocycles. The van der Waals surface area contributed by atoms with Crippen LogP contribution in [-0.2, 0) is 14.3 Å². The normalized spacial score (nSPS) is 14.4. The molecule has 3 amide bonds. The van der Waals surface area contributed by atoms with Crippen LogP contribution in [0.25, 0.3) is 6.08 Å². The number of carbonyl (C=O) groups is 4. The van der Waals surface area contributed by atoms with Gasteiger partial charge in [-0.25, -0.2) is 4.79 Å². The molecule has 0 spiro atoms. The highest BCUT2D eigenvalue weighted by Gasteiger charge is 2.36. The maximum atomic E-state index is 12.7. The number of halogens is 1. The van der Waals surface area contributed by atoms with Crippen molar-refractivity contribution in [2.45, 2.75) is 19.8 Å². The molecule has 35 heavy (non-hydrogen) atoms. The number of amides is 3. The average molecular weight is 516 g/mol. The lowest BCUT2D eigenvalue weighted by Crippen LogP contribution is -2.36. The fourth-order valence-electron chi connectivity index (χ4n) is 3.15. The summed E-state index contributed by atoms with van der Waals surface area (Å²) in [6, 6.07) is 11.9. The zero-order chi connectivity index (χ0) is 25.5. The summed E-state index contributed by atoms with van der Waals surface area (Å²) in [6.45, 7) is 1.79. The van der Waals surface area contributed by atoms with Gasteiger partial charge in [0, 0.05) is 25.5 Å². The molecule has 2 aromatic carbocycles. The number of benzene rings is 2. The fraction of sp³-hybridized carbons (Fsp3) is 0.280. The van der Waals surface area contributed by atoms with Gasteiger partial charge >= 0.3 is 5.97 Å². The summed E-state index contributed by atoms with van der Waals surface area (Å²) in [5.41, 5.74) is 2.19. The minimum atomic E-state index is -0.589. The van der Waals surface area contributed by atoms with Crippen LogP contribution < -0.4 is 10.2 Å². The van der Waals surface area contributed by atoms with Gasteiger partial charge in [-0.05, 0) is 60.2 Å². The number of nitrogens with one attached hydrogen (secondary N) is 1. The first-order valence-corrected chi connectivity index (χ1v) is 12.2. The molecule has 1 saturated heterocycles. The van der Waals surface area contributed by atoms with E-state index < -0.39 is 29.6 Å². The van der Waals surface area contributed by atoms with Gasteiger partial charge in [0.1, 0.15) is 6.54 Å². The van der Waals surface area contributed by atoms with Crippen molar-refractivity contribution in [2.24, 2.45) is 0 Å². The van der Waals surface area contributed by atoms with Gasteiger partial charge in [0.15, 0.2) is 0 Å². The van der Waals surface area contributed by atoms with Crippen molar-refractivity contribution in [1.29, 1.82) is 0 Å². The molecule has 0 bridgehead atoms. The molecule has 0 aliphatic carbocycles. The number of esters is 1. The number of nitrogens with zero attached hydrogens (tertiary/aromatic N) is 2. The first kappa shape index (κ1) is 26.3. The van der Waals surface area contributed by atoms with Crippen LogP contribution in [0.1, 0.15) is 35.7 Å². The fourth-order valence-corrected chi connectivity index (χ4v) is 4.18. The number of ether oxygens (including phenoxy) is 1. The molecule has 3 rings (SSSR count). The van der Waals surface area contributed by atoms with Crippen LogP contribution in [0.15, 0.2) is 47.4 Å². The Hall–Kier alpha value is -3.30. The largest absolute Gasteiger partial charge is 0.462 e. The van der Waals surface area contributed by atoms with E-state index in [0.29, 0.717) is 5.69 Å².